The molecular weight excluding hydrogens is 405 g/mol. The van der Waals surface area contributed by atoms with Crippen molar-refractivity contribution in [3.63, 3.8) is 0 Å². The number of carbonyl (C=O) groups is 4. The van der Waals surface area contributed by atoms with E-state index in [1.54, 1.807) is 31.2 Å². The van der Waals surface area contributed by atoms with E-state index in [1.165, 1.54) is 31.2 Å². The van der Waals surface area contributed by atoms with Crippen LogP contribution in [0.4, 0.5) is 4.39 Å². The number of imide groups is 1. The van der Waals surface area contributed by atoms with Gasteiger partial charge in [-0.25, -0.2) is 4.39 Å². The van der Waals surface area contributed by atoms with Crippen molar-refractivity contribution in [2.24, 2.45) is 5.41 Å². The summed E-state index contributed by atoms with van der Waals surface area (Å²) >= 11 is 0. The molecule has 8 heteroatoms. The predicted octanol–water partition coefficient (Wildman–Crippen LogP) is 3.12. The largest absolute Gasteiger partial charge is 0.465 e. The van der Waals surface area contributed by atoms with Gasteiger partial charge in [-0.2, -0.15) is 0 Å². The van der Waals surface area contributed by atoms with Gasteiger partial charge in [-0.15, -0.1) is 0 Å². The third-order valence-corrected chi connectivity index (χ3v) is 5.17. The van der Waals surface area contributed by atoms with E-state index in [2.05, 4.69) is 0 Å². The SMILES string of the molecule is CCOC(=O)[C@](C)(CCN1C(=O)c2ccccc2C1=O)C(=O)OCc1ccc(F)cc1. The lowest BCUT2D eigenvalue weighted by Gasteiger charge is -2.27. The van der Waals surface area contributed by atoms with Crippen molar-refractivity contribution in [3.8, 4) is 0 Å². The Kier molecular flexibility index (Phi) is 6.48. The molecule has 0 saturated carbocycles. The van der Waals surface area contributed by atoms with E-state index in [0.29, 0.717) is 5.56 Å². The minimum absolute atomic E-state index is 0.0483. The Morgan fingerprint density at radius 1 is 0.935 bits per heavy atom. The fourth-order valence-electron chi connectivity index (χ4n) is 3.24. The van der Waals surface area contributed by atoms with Crippen molar-refractivity contribution >= 4 is 23.8 Å². The summed E-state index contributed by atoms with van der Waals surface area (Å²) in [7, 11) is 0. The van der Waals surface area contributed by atoms with Gasteiger partial charge in [0.15, 0.2) is 5.41 Å². The number of nitrogens with zero attached hydrogens (tertiary/aromatic N) is 1. The van der Waals surface area contributed by atoms with Gasteiger partial charge in [0.25, 0.3) is 11.8 Å². The van der Waals surface area contributed by atoms with E-state index in [-0.39, 0.29) is 37.3 Å². The lowest BCUT2D eigenvalue weighted by atomic mass is 9.86. The van der Waals surface area contributed by atoms with Gasteiger partial charge in [-0.05, 0) is 50.1 Å². The van der Waals surface area contributed by atoms with Crippen LogP contribution < -0.4 is 0 Å². The molecule has 1 atom stereocenters. The van der Waals surface area contributed by atoms with Gasteiger partial charge in [-0.3, -0.25) is 24.1 Å². The molecule has 1 aliphatic rings. The summed E-state index contributed by atoms with van der Waals surface area (Å²) in [5.41, 5.74) is -0.625. The van der Waals surface area contributed by atoms with Crippen LogP contribution in [0.15, 0.2) is 48.5 Å². The van der Waals surface area contributed by atoms with E-state index >= 15 is 0 Å². The quantitative estimate of drug-likeness (QED) is 0.365. The van der Waals surface area contributed by atoms with Crippen LogP contribution in [0.3, 0.4) is 0 Å². The summed E-state index contributed by atoms with van der Waals surface area (Å²) in [4.78, 5) is 51.6. The lowest BCUT2D eigenvalue weighted by Crippen LogP contribution is -2.43. The minimum Gasteiger partial charge on any atom is -0.465 e. The molecule has 2 amide bonds. The number of carbonyl (C=O) groups excluding carboxylic acids is 4. The molecular formula is C23H22FNO6. The Hall–Kier alpha value is -3.55. The van der Waals surface area contributed by atoms with E-state index in [9.17, 15) is 23.6 Å². The number of rotatable bonds is 8. The molecule has 0 aliphatic carbocycles. The van der Waals surface area contributed by atoms with Crippen molar-refractivity contribution < 1.29 is 33.0 Å². The average Bonchev–Trinajstić information content (AvgIpc) is 3.01. The maximum atomic E-state index is 13.0. The summed E-state index contributed by atoms with van der Waals surface area (Å²) in [5.74, 6) is -3.05. The van der Waals surface area contributed by atoms with Crippen LogP contribution in [0.5, 0.6) is 0 Å². The molecule has 1 heterocycles. The van der Waals surface area contributed by atoms with Gasteiger partial charge in [-0.1, -0.05) is 24.3 Å². The fourth-order valence-corrected chi connectivity index (χ4v) is 3.24. The molecule has 0 N–H and O–H groups in total. The number of halogens is 1. The molecule has 7 nitrogen and oxygen atoms in total. The Bertz CT molecular complexity index is 984. The molecule has 31 heavy (non-hydrogen) atoms. The molecule has 2 aromatic rings. The minimum atomic E-state index is -1.73. The fraction of sp³-hybridized carbons (Fsp3) is 0.304. The molecule has 0 fully saturated rings. The molecule has 0 bridgehead atoms. The van der Waals surface area contributed by atoms with E-state index in [0.717, 1.165) is 4.90 Å². The number of amides is 2. The number of esters is 2. The van der Waals surface area contributed by atoms with Crippen LogP contribution in [-0.4, -0.2) is 41.8 Å². The molecule has 1 aliphatic heterocycles. The van der Waals surface area contributed by atoms with E-state index in [1.807, 2.05) is 0 Å². The standard InChI is InChI=1S/C23H22FNO6/c1-3-30-21(28)23(2,22(29)31-14-15-8-10-16(24)11-9-15)12-13-25-19(26)17-6-4-5-7-18(17)20(25)27/h4-11H,3,12-14H2,1-2H3/t23-/m0/s1. The summed E-state index contributed by atoms with van der Waals surface area (Å²) in [5, 5.41) is 0. The zero-order chi connectivity index (χ0) is 22.6. The van der Waals surface area contributed by atoms with E-state index in [4.69, 9.17) is 9.47 Å². The van der Waals surface area contributed by atoms with Gasteiger partial charge in [0.1, 0.15) is 12.4 Å². The normalized spacial score (nSPS) is 14.7. The zero-order valence-corrected chi connectivity index (χ0v) is 17.2. The third-order valence-electron chi connectivity index (χ3n) is 5.17. The molecule has 3 rings (SSSR count). The second-order valence-corrected chi connectivity index (χ2v) is 7.31. The number of fused-ring (bicyclic) bond motifs is 1. The average molecular weight is 427 g/mol. The highest BCUT2D eigenvalue weighted by atomic mass is 19.1. The van der Waals surface area contributed by atoms with Crippen LogP contribution >= 0.6 is 0 Å². The number of ether oxygens (including phenoxy) is 2. The van der Waals surface area contributed by atoms with Crippen molar-refractivity contribution in [1.29, 1.82) is 0 Å². The summed E-state index contributed by atoms with van der Waals surface area (Å²) in [6.07, 6.45) is -0.167. The smallest absolute Gasteiger partial charge is 0.323 e. The van der Waals surface area contributed by atoms with Gasteiger partial charge in [0.2, 0.25) is 0 Å². The molecule has 2 aromatic carbocycles. The Labute approximate surface area is 178 Å². The van der Waals surface area contributed by atoms with Crippen LogP contribution in [0, 0.1) is 11.2 Å². The molecule has 0 spiro atoms. The molecule has 0 unspecified atom stereocenters. The second-order valence-electron chi connectivity index (χ2n) is 7.31. The van der Waals surface area contributed by atoms with Crippen LogP contribution in [0.1, 0.15) is 46.5 Å². The first-order valence-corrected chi connectivity index (χ1v) is 9.82. The maximum absolute atomic E-state index is 13.0. The highest BCUT2D eigenvalue weighted by Crippen LogP contribution is 2.29. The van der Waals surface area contributed by atoms with Gasteiger partial charge in [0.05, 0.1) is 17.7 Å². The van der Waals surface area contributed by atoms with Crippen molar-refractivity contribution in [1.82, 2.24) is 4.90 Å². The zero-order valence-electron chi connectivity index (χ0n) is 17.2. The second kappa shape index (κ2) is 9.07. The molecule has 0 saturated heterocycles. The first-order chi connectivity index (χ1) is 14.8. The van der Waals surface area contributed by atoms with Crippen LogP contribution in [0.2, 0.25) is 0 Å². The lowest BCUT2D eigenvalue weighted by molar-refractivity contribution is -0.172. The van der Waals surface area contributed by atoms with Gasteiger partial charge < -0.3 is 9.47 Å². The maximum Gasteiger partial charge on any atom is 0.323 e. The predicted molar refractivity (Wildman–Crippen MR) is 107 cm³/mol. The molecule has 0 radical (unpaired) electrons. The topological polar surface area (TPSA) is 90.0 Å². The Balaban J connectivity index is 1.73. The Morgan fingerprint density at radius 3 is 2.03 bits per heavy atom. The summed E-state index contributed by atoms with van der Waals surface area (Å²) in [6.45, 7) is 2.68. The van der Waals surface area contributed by atoms with Crippen molar-refractivity contribution in [2.45, 2.75) is 26.9 Å². The van der Waals surface area contributed by atoms with Crippen LogP contribution in [0.25, 0.3) is 0 Å². The van der Waals surface area contributed by atoms with Crippen molar-refractivity contribution in [3.05, 3.63) is 71.0 Å². The molecule has 162 valence electrons. The number of hydrogen-bond donors (Lipinski definition) is 0. The third kappa shape index (κ3) is 4.47. The molecule has 0 aromatic heterocycles. The van der Waals surface area contributed by atoms with Gasteiger partial charge >= 0.3 is 11.9 Å². The first kappa shape index (κ1) is 22.1. The number of benzene rings is 2. The highest BCUT2D eigenvalue weighted by molar-refractivity contribution is 6.21. The first-order valence-electron chi connectivity index (χ1n) is 9.82. The number of hydrogen-bond acceptors (Lipinski definition) is 6. The Morgan fingerprint density at radius 2 is 1.48 bits per heavy atom. The van der Waals surface area contributed by atoms with Crippen molar-refractivity contribution in [2.75, 3.05) is 13.2 Å². The van der Waals surface area contributed by atoms with Crippen LogP contribution in [-0.2, 0) is 25.7 Å². The van der Waals surface area contributed by atoms with E-state index < -0.39 is 35.0 Å². The summed E-state index contributed by atoms with van der Waals surface area (Å²) < 4.78 is 23.4. The monoisotopic (exact) mass is 427 g/mol. The highest BCUT2D eigenvalue weighted by Gasteiger charge is 2.46. The van der Waals surface area contributed by atoms with Gasteiger partial charge in [0, 0.05) is 6.54 Å². The summed E-state index contributed by atoms with van der Waals surface area (Å²) in [6, 6.07) is 11.8.